The van der Waals surface area contributed by atoms with Gasteiger partial charge in [-0.1, -0.05) is 37.4 Å². The van der Waals surface area contributed by atoms with Crippen LogP contribution in [0.1, 0.15) is 11.1 Å². The molecule has 2 N–H and O–H groups in total. The fourth-order valence-corrected chi connectivity index (χ4v) is 2.87. The van der Waals surface area contributed by atoms with Crippen molar-refractivity contribution in [2.45, 2.75) is 13.1 Å². The SMILES string of the molecule is C=CC(=O)Nc1ccc(C[N+](C)(C)C)cc1.C=CC(=O)Nc1ccc(C[N+](C)(C)C)cc1.O=S(=O)([O-])[O-]. The number of quaternary nitrogens is 2. The van der Waals surface area contributed by atoms with Gasteiger partial charge in [0.15, 0.2) is 0 Å². The highest BCUT2D eigenvalue weighted by Gasteiger charge is 2.09. The molecule has 0 saturated heterocycles. The molecule has 0 atom stereocenters. The molecule has 0 aliphatic heterocycles. The standard InChI is InChI=1S/2C13H18N2O.H2O4S/c2*1-5-13(16)14-12-8-6-11(7-9-12)10-15(2,3)4;1-5(2,3)4/h2*5-9H,1,10H2,2-4H3;(H2,1,2,3,4). The highest BCUT2D eigenvalue weighted by Crippen LogP contribution is 2.13. The van der Waals surface area contributed by atoms with Crippen LogP contribution in [0, 0.1) is 0 Å². The summed E-state index contributed by atoms with van der Waals surface area (Å²) in [6.07, 6.45) is 2.53. The van der Waals surface area contributed by atoms with Crippen molar-refractivity contribution in [1.82, 2.24) is 0 Å². The van der Waals surface area contributed by atoms with E-state index in [1.165, 1.54) is 23.3 Å². The van der Waals surface area contributed by atoms with E-state index in [2.05, 4.69) is 66.1 Å². The quantitative estimate of drug-likeness (QED) is 0.231. The largest absolute Gasteiger partial charge is 0.759 e. The fourth-order valence-electron chi connectivity index (χ4n) is 2.87. The van der Waals surface area contributed by atoms with Crippen molar-refractivity contribution in [2.75, 3.05) is 52.9 Å². The number of nitrogens with zero attached hydrogens (tertiary/aromatic N) is 2. The van der Waals surface area contributed by atoms with Crippen molar-refractivity contribution in [3.05, 3.63) is 85.0 Å². The molecule has 0 spiro atoms. The molecule has 0 aliphatic rings. The van der Waals surface area contributed by atoms with Crippen LogP contribution < -0.4 is 10.6 Å². The highest BCUT2D eigenvalue weighted by molar-refractivity contribution is 7.79. The van der Waals surface area contributed by atoms with E-state index in [-0.39, 0.29) is 11.8 Å². The lowest BCUT2D eigenvalue weighted by Gasteiger charge is -2.23. The zero-order valence-electron chi connectivity index (χ0n) is 22.4. The molecule has 2 aromatic carbocycles. The van der Waals surface area contributed by atoms with Crippen molar-refractivity contribution in [1.29, 1.82) is 0 Å². The summed E-state index contributed by atoms with van der Waals surface area (Å²) < 4.78 is 35.9. The Balaban J connectivity index is 0.000000594. The summed E-state index contributed by atoms with van der Waals surface area (Å²) >= 11 is 0. The molecule has 11 heteroatoms. The molecule has 0 unspecified atom stereocenters. The molecule has 0 aliphatic carbocycles. The summed E-state index contributed by atoms with van der Waals surface area (Å²) in [5.74, 6) is -0.362. The smallest absolute Gasteiger partial charge is 0.247 e. The van der Waals surface area contributed by atoms with Crippen LogP contribution >= 0.6 is 0 Å². The maximum Gasteiger partial charge on any atom is 0.247 e. The molecule has 0 bridgehead atoms. The predicted molar refractivity (Wildman–Crippen MR) is 144 cm³/mol. The second kappa shape index (κ2) is 15.0. The van der Waals surface area contributed by atoms with Gasteiger partial charge in [0.05, 0.1) is 42.3 Å². The number of nitrogens with one attached hydrogen (secondary N) is 2. The maximum atomic E-state index is 11.1. The Hall–Kier alpha value is -3.35. The second-order valence-corrected chi connectivity index (χ2v) is 10.9. The monoisotopic (exact) mass is 534 g/mol. The Kier molecular flexibility index (Phi) is 13.7. The number of anilines is 2. The van der Waals surface area contributed by atoms with Gasteiger partial charge >= 0.3 is 0 Å². The second-order valence-electron chi connectivity index (χ2n) is 10.1. The fraction of sp³-hybridized carbons (Fsp3) is 0.308. The number of hydrogen-bond donors (Lipinski definition) is 2. The number of carbonyl (C=O) groups is 2. The third-order valence-electron chi connectivity index (χ3n) is 4.13. The Morgan fingerprint density at radius 2 is 0.946 bits per heavy atom. The molecular weight excluding hydrogens is 496 g/mol. The minimum atomic E-state index is -5.17. The van der Waals surface area contributed by atoms with E-state index in [0.29, 0.717) is 0 Å². The molecule has 0 radical (unpaired) electrons. The molecule has 0 fully saturated rings. The van der Waals surface area contributed by atoms with Gasteiger partial charge in [-0.3, -0.25) is 18.0 Å². The summed E-state index contributed by atoms with van der Waals surface area (Å²) in [7, 11) is 7.71. The topological polar surface area (TPSA) is 138 Å². The van der Waals surface area contributed by atoms with Crippen LogP contribution in [0.3, 0.4) is 0 Å². The van der Waals surface area contributed by atoms with Gasteiger partial charge in [-0.05, 0) is 36.4 Å². The van der Waals surface area contributed by atoms with Gasteiger partial charge in [-0.25, -0.2) is 0 Å². The van der Waals surface area contributed by atoms with Gasteiger partial charge in [-0.2, -0.15) is 0 Å². The van der Waals surface area contributed by atoms with Crippen molar-refractivity contribution in [3.8, 4) is 0 Å². The molecule has 0 heterocycles. The minimum Gasteiger partial charge on any atom is -0.759 e. The summed E-state index contributed by atoms with van der Waals surface area (Å²) in [5.41, 5.74) is 4.11. The van der Waals surface area contributed by atoms with Gasteiger partial charge in [0.2, 0.25) is 11.8 Å². The first-order chi connectivity index (χ1) is 16.8. The van der Waals surface area contributed by atoms with Crippen molar-refractivity contribution in [2.24, 2.45) is 0 Å². The van der Waals surface area contributed by atoms with E-state index in [4.69, 9.17) is 17.5 Å². The van der Waals surface area contributed by atoms with Crippen LogP contribution in [0.5, 0.6) is 0 Å². The maximum absolute atomic E-state index is 11.1. The Labute approximate surface area is 220 Å². The van der Waals surface area contributed by atoms with E-state index in [0.717, 1.165) is 33.4 Å². The average molecular weight is 535 g/mol. The molecule has 2 rings (SSSR count). The average Bonchev–Trinajstić information content (AvgIpc) is 2.73. The Morgan fingerprint density at radius 3 is 1.14 bits per heavy atom. The predicted octanol–water partition coefficient (Wildman–Crippen LogP) is 2.70. The third-order valence-corrected chi connectivity index (χ3v) is 4.13. The van der Waals surface area contributed by atoms with E-state index in [9.17, 15) is 9.59 Å². The lowest BCUT2D eigenvalue weighted by atomic mass is 10.2. The normalized spacial score (nSPS) is 11.0. The van der Waals surface area contributed by atoms with Crippen molar-refractivity contribution < 1.29 is 36.1 Å². The number of benzene rings is 2. The van der Waals surface area contributed by atoms with E-state index < -0.39 is 10.4 Å². The number of amides is 2. The van der Waals surface area contributed by atoms with Gasteiger partial charge in [0.1, 0.15) is 13.1 Å². The minimum absolute atomic E-state index is 0.181. The lowest BCUT2D eigenvalue weighted by molar-refractivity contribution is -0.884. The third kappa shape index (κ3) is 20.5. The van der Waals surface area contributed by atoms with Crippen molar-refractivity contribution in [3.63, 3.8) is 0 Å². The molecule has 204 valence electrons. The van der Waals surface area contributed by atoms with Crippen LogP contribution in [0.4, 0.5) is 11.4 Å². The lowest BCUT2D eigenvalue weighted by Crippen LogP contribution is -2.33. The molecule has 10 nitrogen and oxygen atoms in total. The number of rotatable bonds is 8. The number of carbonyl (C=O) groups excluding carboxylic acids is 2. The molecule has 0 saturated carbocycles. The Morgan fingerprint density at radius 1 is 0.703 bits per heavy atom. The van der Waals surface area contributed by atoms with Gasteiger partial charge < -0.3 is 28.7 Å². The van der Waals surface area contributed by atoms with Gasteiger partial charge in [-0.15, -0.1) is 0 Å². The van der Waals surface area contributed by atoms with E-state index in [1.54, 1.807) is 0 Å². The first kappa shape index (κ1) is 33.7. The first-order valence-corrected chi connectivity index (χ1v) is 12.5. The highest BCUT2D eigenvalue weighted by atomic mass is 32.3. The van der Waals surface area contributed by atoms with Crippen LogP contribution in [0.2, 0.25) is 0 Å². The van der Waals surface area contributed by atoms with Gasteiger partial charge in [0, 0.05) is 32.9 Å². The molecule has 2 amide bonds. The Bertz CT molecular complexity index is 1050. The summed E-state index contributed by atoms with van der Waals surface area (Å²) in [4.78, 5) is 22.1. The van der Waals surface area contributed by atoms with Crippen LogP contribution in [-0.4, -0.2) is 80.6 Å². The van der Waals surface area contributed by atoms with E-state index in [1.807, 2.05) is 48.5 Å². The van der Waals surface area contributed by atoms with Crippen LogP contribution in [0.25, 0.3) is 0 Å². The zero-order valence-corrected chi connectivity index (χ0v) is 23.2. The van der Waals surface area contributed by atoms with E-state index >= 15 is 0 Å². The first-order valence-electron chi connectivity index (χ1n) is 11.1. The summed E-state index contributed by atoms with van der Waals surface area (Å²) in [6, 6.07) is 15.8. The molecule has 2 aromatic rings. The summed E-state index contributed by atoms with van der Waals surface area (Å²) in [6.45, 7) is 8.75. The molecular formula is C26H38N4O6S. The molecule has 0 aromatic heterocycles. The van der Waals surface area contributed by atoms with Gasteiger partial charge in [0.25, 0.3) is 0 Å². The summed E-state index contributed by atoms with van der Waals surface area (Å²) in [5, 5.41) is 5.44. The van der Waals surface area contributed by atoms with Crippen molar-refractivity contribution >= 4 is 33.6 Å². The zero-order chi connectivity index (χ0) is 28.9. The number of hydrogen-bond acceptors (Lipinski definition) is 6. The van der Waals surface area contributed by atoms with Crippen LogP contribution in [0.15, 0.2) is 73.8 Å². The van der Waals surface area contributed by atoms with Crippen LogP contribution in [-0.2, 0) is 33.1 Å². The molecule has 37 heavy (non-hydrogen) atoms.